The molecular formula is C8H7AgN4O2. The Morgan fingerprint density at radius 3 is 3.00 bits per heavy atom. The predicted molar refractivity (Wildman–Crippen MR) is 48.9 cm³/mol. The molecule has 1 heterocycles. The number of benzene rings is 1. The molecule has 0 aliphatic carbocycles. The average molecular weight is 299 g/mol. The van der Waals surface area contributed by atoms with Gasteiger partial charge in [0, 0.05) is 0 Å². The number of fused-ring (bicyclic) bond motifs is 1. The second-order valence-electron chi connectivity index (χ2n) is 2.93. The summed E-state index contributed by atoms with van der Waals surface area (Å²) in [4.78, 5) is 10.8. The zero-order chi connectivity index (χ0) is 11.0. The molecule has 15 heavy (non-hydrogen) atoms. The molecule has 0 radical (unpaired) electrons. The molecular weight excluding hydrogens is 292 g/mol. The van der Waals surface area contributed by atoms with Gasteiger partial charge in [-0.3, -0.25) is 0 Å². The minimum absolute atomic E-state index is 0.0898. The summed E-state index contributed by atoms with van der Waals surface area (Å²) in [5.74, 6) is -0.344. The van der Waals surface area contributed by atoms with Gasteiger partial charge in [0.15, 0.2) is 0 Å². The van der Waals surface area contributed by atoms with Crippen LogP contribution in [0.4, 0.5) is 5.69 Å². The summed E-state index contributed by atoms with van der Waals surface area (Å²) < 4.78 is 1.36. The van der Waals surface area contributed by atoms with Gasteiger partial charge in [-0.15, -0.1) is 0 Å². The molecule has 7 heteroatoms. The molecule has 82 valence electrons. The fraction of sp³-hybridized carbons (Fsp3) is 0.125. The van der Waals surface area contributed by atoms with Crippen molar-refractivity contribution in [1.82, 2.24) is 13.4 Å². The number of hydrogen-bond donors (Lipinski definition) is 2. The van der Waals surface area contributed by atoms with Gasteiger partial charge in [-0.2, -0.15) is 0 Å². The molecule has 0 aliphatic heterocycles. The molecule has 6 nitrogen and oxygen atoms in total. The van der Waals surface area contributed by atoms with Gasteiger partial charge in [0.25, 0.3) is 0 Å². The standard InChI is InChI=1S/C8H8N4O2.Ag/c1-4(13)9-6-3-2-5-7(8(6)14)11-12-10-5;/h2-3H,1H3,(H3,9,10,11,12,13,14);/q;+1/p-1. The summed E-state index contributed by atoms with van der Waals surface area (Å²) in [6, 6.07) is 3.27. The second-order valence-corrected chi connectivity index (χ2v) is 3.56. The number of aromatic nitrogens is 3. The summed E-state index contributed by atoms with van der Waals surface area (Å²) in [5, 5.41) is 19.7. The number of aromatic hydroxyl groups is 1. The van der Waals surface area contributed by atoms with Crippen molar-refractivity contribution in [1.29, 1.82) is 0 Å². The minimum atomic E-state index is -0.254. The topological polar surface area (TPSA) is 80.0 Å². The molecule has 2 aromatic rings. The van der Waals surface area contributed by atoms with Crippen molar-refractivity contribution < 1.29 is 31.2 Å². The van der Waals surface area contributed by atoms with Crippen molar-refractivity contribution in [3.8, 4) is 5.75 Å². The number of carbonyl (C=O) groups excluding carboxylic acids is 1. The number of nitrogens with zero attached hydrogens (tertiary/aromatic N) is 3. The van der Waals surface area contributed by atoms with Crippen LogP contribution in [0.1, 0.15) is 6.92 Å². The van der Waals surface area contributed by atoms with Crippen LogP contribution in [0.5, 0.6) is 5.75 Å². The van der Waals surface area contributed by atoms with E-state index >= 15 is 0 Å². The van der Waals surface area contributed by atoms with Crippen molar-refractivity contribution in [2.75, 3.05) is 5.32 Å². The summed E-state index contributed by atoms with van der Waals surface area (Å²) >= 11 is 3.14. The van der Waals surface area contributed by atoms with E-state index < -0.39 is 0 Å². The Morgan fingerprint density at radius 2 is 2.33 bits per heavy atom. The fourth-order valence-corrected chi connectivity index (χ4v) is 1.56. The van der Waals surface area contributed by atoms with Gasteiger partial charge in [0.2, 0.25) is 0 Å². The van der Waals surface area contributed by atoms with Gasteiger partial charge >= 0.3 is 97.4 Å². The molecule has 2 rings (SSSR count). The number of phenolic OH excluding ortho intramolecular Hbond substituents is 1. The molecule has 1 amide bonds. The van der Waals surface area contributed by atoms with E-state index in [1.807, 2.05) is 0 Å². The van der Waals surface area contributed by atoms with E-state index in [0.717, 1.165) is 0 Å². The Labute approximate surface area is 97.5 Å². The first-order valence-corrected chi connectivity index (χ1v) is 4.73. The van der Waals surface area contributed by atoms with Crippen molar-refractivity contribution in [3.05, 3.63) is 12.1 Å². The van der Waals surface area contributed by atoms with Gasteiger partial charge < -0.3 is 0 Å². The van der Waals surface area contributed by atoms with Crippen molar-refractivity contribution in [2.45, 2.75) is 6.92 Å². The molecule has 0 fully saturated rings. The molecule has 0 saturated carbocycles. The van der Waals surface area contributed by atoms with E-state index in [1.54, 1.807) is 12.1 Å². The number of hydrogen-bond acceptors (Lipinski definition) is 4. The first-order chi connectivity index (χ1) is 7.09. The zero-order valence-corrected chi connectivity index (χ0v) is 9.14. The molecule has 0 unspecified atom stereocenters. The Bertz CT molecular complexity index is 537. The van der Waals surface area contributed by atoms with Crippen LogP contribution < -0.4 is 5.32 Å². The summed E-state index contributed by atoms with van der Waals surface area (Å²) in [6.07, 6.45) is 0. The third kappa shape index (κ3) is 1.74. The van der Waals surface area contributed by atoms with Gasteiger partial charge in [-0.05, 0) is 0 Å². The molecule has 0 saturated heterocycles. The average Bonchev–Trinajstić information content (AvgIpc) is 2.53. The van der Waals surface area contributed by atoms with Gasteiger partial charge in [0.05, 0.1) is 0 Å². The SMILES string of the molecule is CC(=O)Nc1ccc2c(nn[n]2[Ag])c1O. The maximum atomic E-state index is 10.8. The van der Waals surface area contributed by atoms with Crippen molar-refractivity contribution in [2.24, 2.45) is 0 Å². The molecule has 1 aromatic carbocycles. The second kappa shape index (κ2) is 3.65. The van der Waals surface area contributed by atoms with Gasteiger partial charge in [-0.25, -0.2) is 0 Å². The third-order valence-electron chi connectivity index (χ3n) is 1.84. The number of phenols is 1. The molecule has 1 aromatic heterocycles. The van der Waals surface area contributed by atoms with Gasteiger partial charge in [0.1, 0.15) is 0 Å². The third-order valence-corrected chi connectivity index (χ3v) is 2.33. The fourth-order valence-electron chi connectivity index (χ4n) is 1.22. The molecule has 0 atom stereocenters. The number of amides is 1. The maximum absolute atomic E-state index is 10.8. The molecule has 2 N–H and O–H groups in total. The number of anilines is 1. The Hall–Kier alpha value is -1.37. The van der Waals surface area contributed by atoms with E-state index in [1.165, 1.54) is 10.0 Å². The predicted octanol–water partition coefficient (Wildman–Crippen LogP) is 0.405. The van der Waals surface area contributed by atoms with Crippen LogP contribution in [0.15, 0.2) is 12.1 Å². The summed E-state index contributed by atoms with van der Waals surface area (Å²) in [6.45, 7) is 1.37. The first-order valence-electron chi connectivity index (χ1n) is 4.07. The zero-order valence-electron chi connectivity index (χ0n) is 7.65. The Morgan fingerprint density at radius 1 is 1.60 bits per heavy atom. The van der Waals surface area contributed by atoms with Crippen LogP contribution in [0.3, 0.4) is 0 Å². The van der Waals surface area contributed by atoms with E-state index in [9.17, 15) is 9.90 Å². The van der Waals surface area contributed by atoms with Crippen LogP contribution in [0.25, 0.3) is 11.0 Å². The van der Waals surface area contributed by atoms with E-state index in [2.05, 4.69) is 37.0 Å². The summed E-state index contributed by atoms with van der Waals surface area (Å²) in [5.41, 5.74) is 1.28. The number of rotatable bonds is 1. The van der Waals surface area contributed by atoms with E-state index in [4.69, 9.17) is 0 Å². The van der Waals surface area contributed by atoms with Crippen LogP contribution in [-0.2, 0) is 26.1 Å². The normalized spacial score (nSPS) is 10.6. The Balaban J connectivity index is 2.60. The summed E-state index contributed by atoms with van der Waals surface area (Å²) in [7, 11) is 0. The number of carbonyl (C=O) groups is 1. The van der Waals surface area contributed by atoms with Crippen molar-refractivity contribution >= 4 is 22.6 Å². The van der Waals surface area contributed by atoms with E-state index in [0.29, 0.717) is 16.7 Å². The van der Waals surface area contributed by atoms with Crippen molar-refractivity contribution in [3.63, 3.8) is 0 Å². The molecule has 0 aliphatic rings. The monoisotopic (exact) mass is 298 g/mol. The Kier molecular flexibility index (Phi) is 2.47. The van der Waals surface area contributed by atoms with Crippen LogP contribution >= 0.6 is 0 Å². The van der Waals surface area contributed by atoms with E-state index in [-0.39, 0.29) is 11.7 Å². The quantitative estimate of drug-likeness (QED) is 0.590. The van der Waals surface area contributed by atoms with Crippen LogP contribution in [-0.4, -0.2) is 24.4 Å². The molecule has 0 bridgehead atoms. The van der Waals surface area contributed by atoms with Crippen LogP contribution in [0, 0.1) is 0 Å². The van der Waals surface area contributed by atoms with Crippen LogP contribution in [0.2, 0.25) is 0 Å². The van der Waals surface area contributed by atoms with Gasteiger partial charge in [-0.1, -0.05) is 0 Å². The first kappa shape index (κ1) is 10.2. The number of nitrogens with one attached hydrogen (secondary N) is 1. The molecule has 0 spiro atoms.